The maximum Gasteiger partial charge on any atom is 0.314 e. The van der Waals surface area contributed by atoms with Crippen molar-refractivity contribution in [2.24, 2.45) is 4.99 Å². The van der Waals surface area contributed by atoms with Crippen molar-refractivity contribution in [1.82, 2.24) is 20.9 Å². The molecule has 2 aliphatic heterocycles. The van der Waals surface area contributed by atoms with Gasteiger partial charge in [0.05, 0.1) is 24.8 Å². The number of guanidine groups is 1. The predicted octanol–water partition coefficient (Wildman–Crippen LogP) is 0.505. The van der Waals surface area contributed by atoms with Crippen molar-refractivity contribution in [3.05, 3.63) is 0 Å². The van der Waals surface area contributed by atoms with Crippen LogP contribution in [-0.2, 0) is 4.74 Å². The summed E-state index contributed by atoms with van der Waals surface area (Å²) in [4.78, 5) is 18.4. The molecule has 8 heteroatoms. The van der Waals surface area contributed by atoms with Gasteiger partial charge in [-0.3, -0.25) is 0 Å². The molecule has 0 aromatic heterocycles. The van der Waals surface area contributed by atoms with Crippen LogP contribution in [0.25, 0.3) is 0 Å². The van der Waals surface area contributed by atoms with Crippen molar-refractivity contribution >= 4 is 36.0 Å². The topological polar surface area (TPSA) is 78.0 Å². The van der Waals surface area contributed by atoms with Gasteiger partial charge in [-0.2, -0.15) is 0 Å². The molecule has 0 aromatic carbocycles. The average molecular weight is 423 g/mol. The number of amides is 2. The molecule has 1 saturated carbocycles. The SMILES string of the molecule is CNC(=O)NCC1CN(C2=NC3CCCCC3N2)CCO1.I. The van der Waals surface area contributed by atoms with E-state index >= 15 is 0 Å². The summed E-state index contributed by atoms with van der Waals surface area (Å²) < 4.78 is 5.71. The third-order valence-electron chi connectivity index (χ3n) is 4.49. The first-order valence-electron chi connectivity index (χ1n) is 7.92. The van der Waals surface area contributed by atoms with Crippen molar-refractivity contribution in [3.63, 3.8) is 0 Å². The van der Waals surface area contributed by atoms with Crippen LogP contribution in [0.2, 0.25) is 0 Å². The van der Waals surface area contributed by atoms with E-state index in [0.29, 0.717) is 25.2 Å². The lowest BCUT2D eigenvalue weighted by Gasteiger charge is -2.34. The van der Waals surface area contributed by atoms with Crippen LogP contribution in [0.4, 0.5) is 4.79 Å². The van der Waals surface area contributed by atoms with Gasteiger partial charge in [0.2, 0.25) is 0 Å². The molecule has 3 rings (SSSR count). The number of carbonyl (C=O) groups excluding carboxylic acids is 1. The highest BCUT2D eigenvalue weighted by Crippen LogP contribution is 2.25. The first kappa shape index (κ1) is 17.6. The Balaban J connectivity index is 0.00000176. The van der Waals surface area contributed by atoms with Crippen LogP contribution in [0, 0.1) is 0 Å². The van der Waals surface area contributed by atoms with E-state index < -0.39 is 0 Å². The minimum absolute atomic E-state index is 0. The number of rotatable bonds is 2. The van der Waals surface area contributed by atoms with Gasteiger partial charge in [-0.1, -0.05) is 12.8 Å². The number of ether oxygens (including phenoxy) is 1. The number of urea groups is 1. The Morgan fingerprint density at radius 2 is 2.27 bits per heavy atom. The van der Waals surface area contributed by atoms with E-state index in [9.17, 15) is 4.79 Å². The zero-order chi connectivity index (χ0) is 14.7. The first-order valence-corrected chi connectivity index (χ1v) is 7.92. The molecule has 2 amide bonds. The highest BCUT2D eigenvalue weighted by molar-refractivity contribution is 14.0. The minimum atomic E-state index is -0.168. The molecule has 7 nitrogen and oxygen atoms in total. The zero-order valence-electron chi connectivity index (χ0n) is 13.0. The molecule has 1 aliphatic carbocycles. The van der Waals surface area contributed by atoms with Crippen LogP contribution in [0.1, 0.15) is 25.7 Å². The van der Waals surface area contributed by atoms with E-state index in [2.05, 4.69) is 20.9 Å². The second-order valence-corrected chi connectivity index (χ2v) is 5.95. The van der Waals surface area contributed by atoms with E-state index in [1.165, 1.54) is 25.7 Å². The number of nitrogens with one attached hydrogen (secondary N) is 3. The molecule has 0 spiro atoms. The Kier molecular flexibility index (Phi) is 6.54. The lowest BCUT2D eigenvalue weighted by Crippen LogP contribution is -2.53. The van der Waals surface area contributed by atoms with Crippen LogP contribution in [0.15, 0.2) is 4.99 Å². The molecule has 3 aliphatic rings. The standard InChI is InChI=1S/C14H25N5O2.HI/c1-15-14(20)16-8-10-9-19(6-7-21-10)13-17-11-4-2-3-5-12(11)18-13;/h10-12H,2-9H2,1H3,(H,17,18)(H2,15,16,20);1H. The van der Waals surface area contributed by atoms with E-state index in [1.54, 1.807) is 7.05 Å². The summed E-state index contributed by atoms with van der Waals surface area (Å²) in [5.41, 5.74) is 0. The number of nitrogens with zero attached hydrogens (tertiary/aromatic N) is 2. The number of morpholine rings is 1. The monoisotopic (exact) mass is 423 g/mol. The first-order chi connectivity index (χ1) is 10.3. The molecular formula is C14H26IN5O2. The maximum atomic E-state index is 11.2. The Bertz CT molecular complexity index is 420. The second kappa shape index (κ2) is 8.19. The van der Waals surface area contributed by atoms with Crippen molar-refractivity contribution in [1.29, 1.82) is 0 Å². The fourth-order valence-corrected chi connectivity index (χ4v) is 3.30. The van der Waals surface area contributed by atoms with Gasteiger partial charge in [-0.15, -0.1) is 24.0 Å². The van der Waals surface area contributed by atoms with E-state index in [-0.39, 0.29) is 36.1 Å². The molecule has 22 heavy (non-hydrogen) atoms. The Labute approximate surface area is 148 Å². The molecule has 3 unspecified atom stereocenters. The molecule has 2 fully saturated rings. The van der Waals surface area contributed by atoms with Crippen LogP contribution < -0.4 is 16.0 Å². The van der Waals surface area contributed by atoms with E-state index in [0.717, 1.165) is 19.0 Å². The molecule has 3 atom stereocenters. The summed E-state index contributed by atoms with van der Waals surface area (Å²) in [5, 5.41) is 8.93. The largest absolute Gasteiger partial charge is 0.373 e. The highest BCUT2D eigenvalue weighted by atomic mass is 127. The Morgan fingerprint density at radius 1 is 1.45 bits per heavy atom. The minimum Gasteiger partial charge on any atom is -0.373 e. The van der Waals surface area contributed by atoms with Gasteiger partial charge < -0.3 is 25.6 Å². The normalized spacial score (nSPS) is 30.5. The molecular weight excluding hydrogens is 397 g/mol. The summed E-state index contributed by atoms with van der Waals surface area (Å²) >= 11 is 0. The summed E-state index contributed by atoms with van der Waals surface area (Å²) in [6.45, 7) is 2.84. The fraction of sp³-hybridized carbons (Fsp3) is 0.857. The van der Waals surface area contributed by atoms with Gasteiger partial charge in [0.25, 0.3) is 0 Å². The van der Waals surface area contributed by atoms with Crippen LogP contribution in [0.3, 0.4) is 0 Å². The van der Waals surface area contributed by atoms with Crippen molar-refractivity contribution in [2.75, 3.05) is 33.3 Å². The van der Waals surface area contributed by atoms with Gasteiger partial charge in [-0.05, 0) is 12.8 Å². The van der Waals surface area contributed by atoms with Gasteiger partial charge in [0.15, 0.2) is 5.96 Å². The number of hydrogen-bond acceptors (Lipinski definition) is 5. The maximum absolute atomic E-state index is 11.2. The molecule has 0 radical (unpaired) electrons. The van der Waals surface area contributed by atoms with Gasteiger partial charge in [-0.25, -0.2) is 9.79 Å². The number of halogens is 1. The zero-order valence-corrected chi connectivity index (χ0v) is 15.3. The smallest absolute Gasteiger partial charge is 0.314 e. The van der Waals surface area contributed by atoms with Gasteiger partial charge >= 0.3 is 6.03 Å². The molecule has 3 N–H and O–H groups in total. The molecule has 126 valence electrons. The summed E-state index contributed by atoms with van der Waals surface area (Å²) in [6.07, 6.45) is 5.04. The van der Waals surface area contributed by atoms with E-state index in [4.69, 9.17) is 9.73 Å². The number of fused-ring (bicyclic) bond motifs is 1. The molecule has 1 saturated heterocycles. The number of carbonyl (C=O) groups is 1. The average Bonchev–Trinajstić information content (AvgIpc) is 2.97. The van der Waals surface area contributed by atoms with Crippen molar-refractivity contribution < 1.29 is 9.53 Å². The summed E-state index contributed by atoms with van der Waals surface area (Å²) in [5.74, 6) is 1.03. The van der Waals surface area contributed by atoms with Crippen molar-refractivity contribution in [3.8, 4) is 0 Å². The van der Waals surface area contributed by atoms with Crippen LogP contribution in [-0.4, -0.2) is 68.4 Å². The highest BCUT2D eigenvalue weighted by Gasteiger charge is 2.34. The van der Waals surface area contributed by atoms with E-state index in [1.807, 2.05) is 0 Å². The van der Waals surface area contributed by atoms with Crippen molar-refractivity contribution in [2.45, 2.75) is 43.9 Å². The molecule has 0 bridgehead atoms. The summed E-state index contributed by atoms with van der Waals surface area (Å²) in [6, 6.07) is 0.816. The number of aliphatic imine (C=N–C) groups is 1. The van der Waals surface area contributed by atoms with Crippen LogP contribution in [0.5, 0.6) is 0 Å². The lowest BCUT2D eigenvalue weighted by atomic mass is 9.92. The third kappa shape index (κ3) is 4.15. The molecule has 0 aromatic rings. The molecule has 2 heterocycles. The predicted molar refractivity (Wildman–Crippen MR) is 95.8 cm³/mol. The Hall–Kier alpha value is -0.770. The third-order valence-corrected chi connectivity index (χ3v) is 4.49. The quantitative estimate of drug-likeness (QED) is 0.566. The van der Waals surface area contributed by atoms with Gasteiger partial charge in [0.1, 0.15) is 0 Å². The van der Waals surface area contributed by atoms with Gasteiger partial charge in [0, 0.05) is 26.7 Å². The summed E-state index contributed by atoms with van der Waals surface area (Å²) in [7, 11) is 1.61. The second-order valence-electron chi connectivity index (χ2n) is 5.95. The van der Waals surface area contributed by atoms with Crippen LogP contribution >= 0.6 is 24.0 Å². The Morgan fingerprint density at radius 3 is 3.05 bits per heavy atom. The lowest BCUT2D eigenvalue weighted by molar-refractivity contribution is -0.00386. The number of hydrogen-bond donors (Lipinski definition) is 3. The fourth-order valence-electron chi connectivity index (χ4n) is 3.30.